The fourth-order valence-corrected chi connectivity index (χ4v) is 2.31. The molecule has 0 aliphatic carbocycles. The first-order valence-corrected chi connectivity index (χ1v) is 5.74. The maximum atomic E-state index is 12.4. The Labute approximate surface area is 124 Å². The monoisotopic (exact) mass is 367 g/mol. The number of esters is 1. The van der Waals surface area contributed by atoms with Crippen LogP contribution in [0.25, 0.3) is 0 Å². The summed E-state index contributed by atoms with van der Waals surface area (Å²) < 4.78 is 4.90. The molecule has 2 atom stereocenters. The number of methoxy groups -OCH3 is 1. The van der Waals surface area contributed by atoms with Crippen molar-refractivity contribution in [3.05, 3.63) is 12.4 Å². The van der Waals surface area contributed by atoms with Gasteiger partial charge >= 0.3 is 12.0 Å². The number of urea groups is 1. The van der Waals surface area contributed by atoms with Crippen LogP contribution in [0, 0.1) is 0 Å². The van der Waals surface area contributed by atoms with E-state index in [9.17, 15) is 9.59 Å². The molecule has 2 aliphatic heterocycles. The topological polar surface area (TPSA) is 58.6 Å². The van der Waals surface area contributed by atoms with Crippen LogP contribution in [-0.2, 0) is 9.53 Å². The predicted octanol–water partition coefficient (Wildman–Crippen LogP) is -2.77. The van der Waals surface area contributed by atoms with Gasteiger partial charge in [-0.05, 0) is 12.8 Å². The lowest BCUT2D eigenvalue weighted by atomic mass is 10.2. The van der Waals surface area contributed by atoms with Crippen molar-refractivity contribution >= 4 is 12.0 Å². The third kappa shape index (κ3) is 2.61. The summed E-state index contributed by atoms with van der Waals surface area (Å²) in [6.45, 7) is 1.16. The average molecular weight is 367 g/mol. The Bertz CT molecular complexity index is 375. The van der Waals surface area contributed by atoms with E-state index >= 15 is 0 Å². The van der Waals surface area contributed by atoms with Gasteiger partial charge < -0.3 is 34.0 Å². The molecule has 18 heavy (non-hydrogen) atoms. The van der Waals surface area contributed by atoms with E-state index in [2.05, 4.69) is 5.32 Å². The number of nitrogens with one attached hydrogen (secondary N) is 1. The Balaban J connectivity index is 0.00000162. The fourth-order valence-electron chi connectivity index (χ4n) is 2.31. The van der Waals surface area contributed by atoms with Crippen LogP contribution in [0.3, 0.4) is 0 Å². The molecular formula is C11H18IN3O3. The molecule has 1 fully saturated rings. The zero-order valence-corrected chi connectivity index (χ0v) is 12.7. The van der Waals surface area contributed by atoms with E-state index in [1.807, 2.05) is 7.05 Å². The number of likely N-dealkylation sites (tertiary alicyclic amines) is 1. The van der Waals surface area contributed by atoms with Crippen molar-refractivity contribution in [2.75, 3.05) is 27.4 Å². The molecule has 0 aromatic rings. The van der Waals surface area contributed by atoms with Crippen molar-refractivity contribution in [1.82, 2.24) is 10.2 Å². The van der Waals surface area contributed by atoms with Gasteiger partial charge in [0.25, 0.3) is 0 Å². The highest BCUT2D eigenvalue weighted by molar-refractivity contribution is 5.82. The molecule has 102 valence electrons. The maximum Gasteiger partial charge on any atom is 0.425 e. The Morgan fingerprint density at radius 1 is 1.50 bits per heavy atom. The zero-order chi connectivity index (χ0) is 12.5. The van der Waals surface area contributed by atoms with Crippen LogP contribution in [0.4, 0.5) is 4.79 Å². The number of hydrogen-bond acceptors (Lipinski definition) is 4. The summed E-state index contributed by atoms with van der Waals surface area (Å²) in [7, 11) is 3.18. The van der Waals surface area contributed by atoms with Crippen LogP contribution in [0.5, 0.6) is 0 Å². The van der Waals surface area contributed by atoms with Crippen LogP contribution in [0.2, 0.25) is 0 Å². The van der Waals surface area contributed by atoms with E-state index < -0.39 is 6.04 Å². The van der Waals surface area contributed by atoms with Gasteiger partial charge in [-0.2, -0.15) is 4.48 Å². The van der Waals surface area contributed by atoms with Gasteiger partial charge in [0.1, 0.15) is 12.2 Å². The summed E-state index contributed by atoms with van der Waals surface area (Å²) in [4.78, 5) is 25.6. The molecule has 2 amide bonds. The highest BCUT2D eigenvalue weighted by Crippen LogP contribution is 2.23. The standard InChI is InChI=1S/C11H18N3O3.HI/c1-14(7-5-12-8-14)11(16)13-6-3-4-9(13)10(15)17-2;/h5,7,9,12H,3-4,6,8H2,1-2H3;1H/q+1;/p-1/t9-,14?;/m0./s1. The molecule has 0 bridgehead atoms. The largest absolute Gasteiger partial charge is 1.00 e. The first kappa shape index (κ1) is 15.2. The molecule has 2 heterocycles. The van der Waals surface area contributed by atoms with E-state index in [4.69, 9.17) is 4.74 Å². The smallest absolute Gasteiger partial charge is 0.425 e. The number of ether oxygens (including phenoxy) is 1. The van der Waals surface area contributed by atoms with Gasteiger partial charge in [-0.1, -0.05) is 0 Å². The SMILES string of the molecule is COC(=O)[C@@H]1CCCN1C(=O)[N+]1(C)C=CNC1.[I-]. The minimum atomic E-state index is -0.420. The Hall–Kier alpha value is -0.830. The molecule has 0 saturated carbocycles. The predicted molar refractivity (Wildman–Crippen MR) is 60.5 cm³/mol. The summed E-state index contributed by atoms with van der Waals surface area (Å²) >= 11 is 0. The van der Waals surface area contributed by atoms with Crippen molar-refractivity contribution in [2.24, 2.45) is 0 Å². The quantitative estimate of drug-likeness (QED) is 0.310. The van der Waals surface area contributed by atoms with Crippen LogP contribution in [-0.4, -0.2) is 54.8 Å². The van der Waals surface area contributed by atoms with Gasteiger partial charge in [0, 0.05) is 6.54 Å². The van der Waals surface area contributed by atoms with Crippen molar-refractivity contribution in [3.63, 3.8) is 0 Å². The fraction of sp³-hybridized carbons (Fsp3) is 0.636. The van der Waals surface area contributed by atoms with Crippen molar-refractivity contribution in [1.29, 1.82) is 0 Å². The molecule has 0 radical (unpaired) electrons. The third-order valence-electron chi connectivity index (χ3n) is 3.35. The van der Waals surface area contributed by atoms with Gasteiger partial charge in [0.2, 0.25) is 0 Å². The summed E-state index contributed by atoms with van der Waals surface area (Å²) in [5, 5.41) is 3.00. The highest BCUT2D eigenvalue weighted by Gasteiger charge is 2.44. The lowest BCUT2D eigenvalue weighted by molar-refractivity contribution is -0.776. The number of quaternary nitrogens is 1. The summed E-state index contributed by atoms with van der Waals surface area (Å²) in [6.07, 6.45) is 5.11. The van der Waals surface area contributed by atoms with Gasteiger partial charge in [-0.3, -0.25) is 4.90 Å². The Morgan fingerprint density at radius 2 is 2.22 bits per heavy atom. The third-order valence-corrected chi connectivity index (χ3v) is 3.35. The molecule has 6 nitrogen and oxygen atoms in total. The molecule has 2 aliphatic rings. The van der Waals surface area contributed by atoms with E-state index in [1.165, 1.54) is 7.11 Å². The van der Waals surface area contributed by atoms with Gasteiger partial charge in [0.15, 0.2) is 6.67 Å². The summed E-state index contributed by atoms with van der Waals surface area (Å²) in [6, 6.07) is -0.476. The lowest BCUT2D eigenvalue weighted by Crippen LogP contribution is -3.00. The Morgan fingerprint density at radius 3 is 2.78 bits per heavy atom. The van der Waals surface area contributed by atoms with Crippen LogP contribution in [0.1, 0.15) is 12.8 Å². The van der Waals surface area contributed by atoms with Crippen molar-refractivity contribution in [2.45, 2.75) is 18.9 Å². The number of hydrogen-bond donors (Lipinski definition) is 1. The molecule has 0 aromatic heterocycles. The molecule has 7 heteroatoms. The molecule has 1 N–H and O–H groups in total. The average Bonchev–Trinajstić information content (AvgIpc) is 2.96. The molecular weight excluding hydrogens is 349 g/mol. The number of rotatable bonds is 1. The van der Waals surface area contributed by atoms with Crippen molar-refractivity contribution < 1.29 is 42.8 Å². The normalized spacial score (nSPS) is 29.7. The second kappa shape index (κ2) is 5.87. The van der Waals surface area contributed by atoms with Crippen LogP contribution >= 0.6 is 0 Å². The highest BCUT2D eigenvalue weighted by atomic mass is 127. The number of carbonyl (C=O) groups excluding carboxylic acids is 2. The van der Waals surface area contributed by atoms with Crippen LogP contribution in [0.15, 0.2) is 12.4 Å². The van der Waals surface area contributed by atoms with E-state index in [-0.39, 0.29) is 40.5 Å². The molecule has 0 aromatic carbocycles. The van der Waals surface area contributed by atoms with Gasteiger partial charge in [-0.25, -0.2) is 9.59 Å². The molecule has 2 rings (SSSR count). The second-order valence-electron chi connectivity index (χ2n) is 4.60. The van der Waals surface area contributed by atoms with Crippen molar-refractivity contribution in [3.8, 4) is 0 Å². The number of nitrogens with zero attached hydrogens (tertiary/aromatic N) is 2. The minimum absolute atomic E-state index is 0. The lowest BCUT2D eigenvalue weighted by Gasteiger charge is -2.30. The first-order chi connectivity index (χ1) is 8.08. The Kier molecular flexibility index (Phi) is 4.97. The number of amides is 2. The van der Waals surface area contributed by atoms with Crippen LogP contribution < -0.4 is 29.3 Å². The second-order valence-corrected chi connectivity index (χ2v) is 4.60. The molecule has 1 saturated heterocycles. The van der Waals surface area contributed by atoms with E-state index in [1.54, 1.807) is 17.3 Å². The summed E-state index contributed by atoms with van der Waals surface area (Å²) in [5.41, 5.74) is 0. The number of halogens is 1. The number of carbonyl (C=O) groups is 2. The van der Waals surface area contributed by atoms with E-state index in [0.717, 1.165) is 6.42 Å². The van der Waals surface area contributed by atoms with Gasteiger partial charge in [0.05, 0.1) is 20.4 Å². The van der Waals surface area contributed by atoms with E-state index in [0.29, 0.717) is 19.6 Å². The maximum absolute atomic E-state index is 12.4. The first-order valence-electron chi connectivity index (χ1n) is 5.74. The summed E-state index contributed by atoms with van der Waals surface area (Å²) in [5.74, 6) is -0.321. The minimum Gasteiger partial charge on any atom is -1.00 e. The van der Waals surface area contributed by atoms with Gasteiger partial charge in [-0.15, -0.1) is 0 Å². The molecule has 1 unspecified atom stereocenters. The molecule has 0 spiro atoms. The zero-order valence-electron chi connectivity index (χ0n) is 10.6.